The van der Waals surface area contributed by atoms with Gasteiger partial charge in [0.05, 0.1) is 0 Å². The fraction of sp³-hybridized carbons (Fsp3) is 0.250. The fourth-order valence-electron chi connectivity index (χ4n) is 0.940. The van der Waals surface area contributed by atoms with Crippen LogP contribution in [0.2, 0.25) is 0 Å². The molecule has 0 saturated heterocycles. The fourth-order valence-corrected chi connectivity index (χ4v) is 2.91. The van der Waals surface area contributed by atoms with E-state index in [0.717, 1.165) is 10.0 Å². The van der Waals surface area contributed by atoms with E-state index in [-0.39, 0.29) is 5.54 Å². The highest BCUT2D eigenvalue weighted by atomic mass is 79.9. The Morgan fingerprint density at radius 2 is 1.62 bits per heavy atom. The Morgan fingerprint density at radius 3 is 2.00 bits per heavy atom. The quantitative estimate of drug-likeness (QED) is 0.545. The van der Waals surface area contributed by atoms with Gasteiger partial charge in [0.2, 0.25) is 0 Å². The van der Waals surface area contributed by atoms with Crippen LogP contribution in [0.3, 0.4) is 0 Å². The zero-order chi connectivity index (χ0) is 10.1. The number of benzene rings is 1. The van der Waals surface area contributed by atoms with Crippen LogP contribution in [-0.4, -0.2) is 6.00 Å². The van der Waals surface area contributed by atoms with Crippen LogP contribution in [0.15, 0.2) is 28.7 Å². The lowest BCUT2D eigenvalue weighted by molar-refractivity contribution is 1.06. The summed E-state index contributed by atoms with van der Waals surface area (Å²) in [7, 11) is 0. The second kappa shape index (κ2) is 4.54. The molecule has 1 rings (SSSR count). The van der Waals surface area contributed by atoms with Crippen molar-refractivity contribution in [2.75, 3.05) is 0 Å². The van der Waals surface area contributed by atoms with E-state index in [2.05, 4.69) is 15.9 Å². The summed E-state index contributed by atoms with van der Waals surface area (Å²) in [6, 6.07) is 5.24. The summed E-state index contributed by atoms with van der Waals surface area (Å²) in [5, 5.41) is 0. The van der Waals surface area contributed by atoms with Crippen LogP contribution in [-0.2, 0) is 0 Å². The van der Waals surface area contributed by atoms with Crippen molar-refractivity contribution in [1.29, 1.82) is 0 Å². The summed E-state index contributed by atoms with van der Waals surface area (Å²) in [5.41, 5.74) is 1.11. The van der Waals surface area contributed by atoms with Gasteiger partial charge in [0.1, 0.15) is 0 Å². The van der Waals surface area contributed by atoms with Crippen molar-refractivity contribution in [2.24, 2.45) is 0 Å². The smallest absolute Gasteiger partial charge is 0.125 e. The summed E-state index contributed by atoms with van der Waals surface area (Å²) in [6.45, 7) is 1.95. The third-order valence-corrected chi connectivity index (χ3v) is 6.65. The van der Waals surface area contributed by atoms with Crippen molar-refractivity contribution in [1.82, 2.24) is 0 Å². The van der Waals surface area contributed by atoms with Gasteiger partial charge in [-0.1, -0.05) is 35.0 Å². The average Bonchev–Trinajstić information content (AvgIpc) is 2.03. The van der Waals surface area contributed by atoms with E-state index in [4.69, 9.17) is 33.2 Å². The molecular formula is C8H8BrCl3Si. The molecule has 0 N–H and O–H groups in total. The first-order chi connectivity index (χ1) is 5.91. The number of rotatable bonds is 2. The van der Waals surface area contributed by atoms with E-state index in [1.807, 2.05) is 31.2 Å². The molecule has 1 aromatic carbocycles. The number of halogens is 4. The van der Waals surface area contributed by atoms with Crippen LogP contribution < -0.4 is 0 Å². The largest absolute Gasteiger partial charge is 0.348 e. The second-order valence-electron chi connectivity index (χ2n) is 2.81. The molecule has 1 atom stereocenters. The first-order valence-electron chi connectivity index (χ1n) is 3.73. The van der Waals surface area contributed by atoms with Gasteiger partial charge in [0.25, 0.3) is 0 Å². The first kappa shape index (κ1) is 11.9. The van der Waals surface area contributed by atoms with E-state index >= 15 is 0 Å². The predicted octanol–water partition coefficient (Wildman–Crippen LogP) is 4.75. The van der Waals surface area contributed by atoms with Gasteiger partial charge < -0.3 is 0 Å². The zero-order valence-electron chi connectivity index (χ0n) is 6.90. The van der Waals surface area contributed by atoms with Crippen LogP contribution in [0, 0.1) is 0 Å². The Balaban J connectivity index is 2.90. The van der Waals surface area contributed by atoms with Gasteiger partial charge in [-0.3, -0.25) is 0 Å². The second-order valence-corrected chi connectivity index (χ2v) is 12.8. The molecule has 5 heteroatoms. The summed E-state index contributed by atoms with van der Waals surface area (Å²) in [5.74, 6) is 0. The molecule has 13 heavy (non-hydrogen) atoms. The molecule has 0 unspecified atom stereocenters. The molecule has 0 nitrogen and oxygen atoms in total. The third-order valence-electron chi connectivity index (χ3n) is 1.86. The van der Waals surface area contributed by atoms with Crippen molar-refractivity contribution in [2.45, 2.75) is 12.5 Å². The Hall–Kier alpha value is 0.787. The molecule has 72 valence electrons. The Kier molecular flexibility index (Phi) is 4.14. The van der Waals surface area contributed by atoms with Crippen LogP contribution in [0.25, 0.3) is 0 Å². The van der Waals surface area contributed by atoms with Crippen molar-refractivity contribution < 1.29 is 0 Å². The van der Waals surface area contributed by atoms with Gasteiger partial charge in [-0.05, 0) is 17.7 Å². The van der Waals surface area contributed by atoms with E-state index in [0.29, 0.717) is 0 Å². The van der Waals surface area contributed by atoms with Crippen LogP contribution in [0.5, 0.6) is 0 Å². The maximum Gasteiger partial charge on any atom is 0.348 e. The highest BCUT2D eigenvalue weighted by Gasteiger charge is 2.34. The molecule has 0 saturated carbocycles. The minimum absolute atomic E-state index is 0.0330. The highest BCUT2D eigenvalue weighted by molar-refractivity contribution is 9.10. The lowest BCUT2D eigenvalue weighted by Gasteiger charge is -2.17. The minimum Gasteiger partial charge on any atom is -0.125 e. The van der Waals surface area contributed by atoms with Gasteiger partial charge in [0.15, 0.2) is 0 Å². The third kappa shape index (κ3) is 3.44. The maximum atomic E-state index is 5.92. The van der Waals surface area contributed by atoms with Crippen LogP contribution in [0.1, 0.15) is 18.0 Å². The Bertz CT molecular complexity index is 280. The molecule has 0 aromatic heterocycles. The topological polar surface area (TPSA) is 0 Å². The van der Waals surface area contributed by atoms with Crippen LogP contribution in [0.4, 0.5) is 0 Å². The lowest BCUT2D eigenvalue weighted by atomic mass is 10.2. The van der Waals surface area contributed by atoms with Crippen molar-refractivity contribution in [3.05, 3.63) is 34.3 Å². The van der Waals surface area contributed by atoms with Crippen molar-refractivity contribution >= 4 is 55.2 Å². The molecule has 0 spiro atoms. The molecule has 0 bridgehead atoms. The molecule has 0 fully saturated rings. The molecule has 0 radical (unpaired) electrons. The lowest BCUT2D eigenvalue weighted by Crippen LogP contribution is -2.20. The van der Waals surface area contributed by atoms with Gasteiger partial charge in [-0.25, -0.2) is 0 Å². The van der Waals surface area contributed by atoms with Gasteiger partial charge in [-0.2, -0.15) is 0 Å². The molecule has 0 amide bonds. The maximum absolute atomic E-state index is 5.92. The average molecular weight is 319 g/mol. The van der Waals surface area contributed by atoms with E-state index in [1.165, 1.54) is 0 Å². The number of hydrogen-bond acceptors (Lipinski definition) is 0. The summed E-state index contributed by atoms with van der Waals surface area (Å²) in [4.78, 5) is 0. The Morgan fingerprint density at radius 1 is 1.15 bits per heavy atom. The molecule has 1 aromatic rings. The first-order valence-corrected chi connectivity index (χ1v) is 9.64. The summed E-state index contributed by atoms with van der Waals surface area (Å²) in [6.07, 6.45) is 0. The predicted molar refractivity (Wildman–Crippen MR) is 65.9 cm³/mol. The monoisotopic (exact) mass is 316 g/mol. The highest BCUT2D eigenvalue weighted by Crippen LogP contribution is 2.36. The molecule has 0 aliphatic rings. The summed E-state index contributed by atoms with van der Waals surface area (Å²) < 4.78 is 1.04. The van der Waals surface area contributed by atoms with E-state index < -0.39 is 6.00 Å². The standard InChI is InChI=1S/C8H8BrCl3Si/c1-6(13(10,11)12)7-2-4-8(9)5-3-7/h2-6H,1H3/t6-/m1/s1. The molecule has 0 aliphatic heterocycles. The van der Waals surface area contributed by atoms with Crippen LogP contribution >= 0.6 is 49.2 Å². The zero-order valence-corrected chi connectivity index (χ0v) is 11.8. The van der Waals surface area contributed by atoms with E-state index in [1.54, 1.807) is 0 Å². The number of hydrogen-bond donors (Lipinski definition) is 0. The van der Waals surface area contributed by atoms with Gasteiger partial charge in [0, 0.05) is 10.0 Å². The minimum atomic E-state index is -2.62. The SMILES string of the molecule is C[C@H](c1ccc(Br)cc1)[Si](Cl)(Cl)Cl. The molecule has 0 aliphatic carbocycles. The van der Waals surface area contributed by atoms with E-state index in [9.17, 15) is 0 Å². The van der Waals surface area contributed by atoms with Crippen molar-refractivity contribution in [3.63, 3.8) is 0 Å². The summed E-state index contributed by atoms with van der Waals surface area (Å²) >= 11 is 21.1. The van der Waals surface area contributed by atoms with Gasteiger partial charge in [-0.15, -0.1) is 33.2 Å². The Labute approximate surface area is 101 Å². The van der Waals surface area contributed by atoms with Gasteiger partial charge >= 0.3 is 6.00 Å². The molecule has 0 heterocycles. The van der Waals surface area contributed by atoms with Crippen molar-refractivity contribution in [3.8, 4) is 0 Å². The normalized spacial score (nSPS) is 14.2. The molecular weight excluding hydrogens is 310 g/mol.